The fourth-order valence-corrected chi connectivity index (χ4v) is 6.96. The molecule has 12 nitrogen and oxygen atoms in total. The number of nitrogens with zero attached hydrogens (tertiary/aromatic N) is 1. The Kier molecular flexibility index (Phi) is 11.5. The van der Waals surface area contributed by atoms with Crippen LogP contribution in [0.1, 0.15) is 68.7 Å². The largest absolute Gasteiger partial charge is 0.463 e. The quantitative estimate of drug-likeness (QED) is 0.167. The molecule has 2 aliphatic rings. The number of cyclic esters (lactones) is 1. The van der Waals surface area contributed by atoms with Gasteiger partial charge >= 0.3 is 6.09 Å². The number of unbranched alkanes of at least 4 members (excludes halogenated alkanes) is 3. The van der Waals surface area contributed by atoms with Crippen molar-refractivity contribution in [2.45, 2.75) is 74.2 Å². The number of carbonyl (C=O) groups is 1. The third kappa shape index (κ3) is 10.2. The molecule has 262 valence electrons. The van der Waals surface area contributed by atoms with Crippen LogP contribution in [0.4, 0.5) is 10.5 Å². The third-order valence-corrected chi connectivity index (χ3v) is 10.2. The summed E-state index contributed by atoms with van der Waals surface area (Å²) in [4.78, 5) is 14.1. The van der Waals surface area contributed by atoms with E-state index >= 15 is 0 Å². The molecule has 0 aromatic heterocycles. The lowest BCUT2D eigenvalue weighted by atomic mass is 10.0. The lowest BCUT2D eigenvalue weighted by Gasteiger charge is -2.32. The minimum absolute atomic E-state index is 0.0252. The summed E-state index contributed by atoms with van der Waals surface area (Å²) in [5.41, 5.74) is 2.62. The summed E-state index contributed by atoms with van der Waals surface area (Å²) in [6, 6.07) is 17.2. The van der Waals surface area contributed by atoms with Crippen LogP contribution in [-0.4, -0.2) is 59.9 Å². The van der Waals surface area contributed by atoms with Crippen molar-refractivity contribution in [1.29, 1.82) is 0 Å². The van der Waals surface area contributed by atoms with E-state index in [1.165, 1.54) is 36.4 Å². The Morgan fingerprint density at radius 2 is 1.73 bits per heavy atom. The first kappa shape index (κ1) is 36.2. The number of amides is 1. The van der Waals surface area contributed by atoms with Crippen LogP contribution in [0.3, 0.4) is 0 Å². The average molecular weight is 712 g/mol. The number of fused-ring (bicyclic) bond motifs is 1. The molecule has 0 bridgehead atoms. The first-order chi connectivity index (χ1) is 23.3. The van der Waals surface area contributed by atoms with Gasteiger partial charge in [-0.2, -0.15) is 0 Å². The number of benzene rings is 3. The molecule has 0 aliphatic carbocycles. The van der Waals surface area contributed by atoms with E-state index in [0.717, 1.165) is 42.6 Å². The molecule has 1 unspecified atom stereocenters. The Balaban J connectivity index is 0.953. The second-order valence-corrected chi connectivity index (χ2v) is 15.5. The molecule has 0 saturated carbocycles. The molecule has 14 heteroatoms. The number of sulfonamides is 2. The van der Waals surface area contributed by atoms with Crippen LogP contribution in [0.2, 0.25) is 0 Å². The maximum atomic E-state index is 12.8. The number of rotatable bonds is 14. The average Bonchev–Trinajstić information content (AvgIpc) is 3.42. The predicted octanol–water partition coefficient (Wildman–Crippen LogP) is 5.29. The number of nitrogens with two attached hydrogens (primary N) is 1. The summed E-state index contributed by atoms with van der Waals surface area (Å²) < 4.78 is 73.9. The predicted molar refractivity (Wildman–Crippen MR) is 183 cm³/mol. The molecule has 0 spiro atoms. The van der Waals surface area contributed by atoms with Crippen LogP contribution in [0, 0.1) is 11.8 Å². The van der Waals surface area contributed by atoms with Gasteiger partial charge in [0.05, 0.1) is 29.5 Å². The van der Waals surface area contributed by atoms with E-state index < -0.39 is 25.8 Å². The molecule has 1 saturated heterocycles. The van der Waals surface area contributed by atoms with Gasteiger partial charge in [0.1, 0.15) is 11.9 Å². The minimum atomic E-state index is -3.92. The third-order valence-electron chi connectivity index (χ3n) is 7.93. The standard InChI is InChI=1S/C35H41N3O9S2/c1-35(2)45-25-28-23-27(13-18-32(28)47-35)33-24-38(34(39)46-33)19-6-3-4-7-20-44-21-8-5-10-26-11-9-12-31(22-26)49(42,43)37-29-14-16-30(17-15-29)48(36,40)41/h9,11-18,22-23,33,37H,3-4,6-8,19-21,24-25H2,1-2H3,(H2,36,40,41). The van der Waals surface area contributed by atoms with Gasteiger partial charge in [0.25, 0.3) is 10.0 Å². The van der Waals surface area contributed by atoms with Crippen LogP contribution in [0.25, 0.3) is 0 Å². The minimum Gasteiger partial charge on any atom is -0.463 e. The highest BCUT2D eigenvalue weighted by Gasteiger charge is 2.33. The van der Waals surface area contributed by atoms with Crippen molar-refractivity contribution in [3.05, 3.63) is 83.4 Å². The van der Waals surface area contributed by atoms with E-state index in [2.05, 4.69) is 16.6 Å². The summed E-state index contributed by atoms with van der Waals surface area (Å²) in [5.74, 6) is 6.11. The highest BCUT2D eigenvalue weighted by atomic mass is 32.2. The molecule has 49 heavy (non-hydrogen) atoms. The number of hydrogen-bond donors (Lipinski definition) is 2. The van der Waals surface area contributed by atoms with E-state index in [1.54, 1.807) is 17.0 Å². The molecular formula is C35H41N3O9S2. The SMILES string of the molecule is CC1(C)OCc2cc(C3CN(CCCCCCOCCC#Cc4cccc(S(=O)(=O)Nc5ccc(S(N)(=O)=O)cc5)c4)C(=O)O3)ccc2O1. The van der Waals surface area contributed by atoms with Crippen molar-refractivity contribution in [1.82, 2.24) is 4.90 Å². The van der Waals surface area contributed by atoms with Gasteiger partial charge in [-0.25, -0.2) is 26.8 Å². The number of anilines is 1. The summed E-state index contributed by atoms with van der Waals surface area (Å²) in [6.07, 6.45) is 3.61. The van der Waals surface area contributed by atoms with Gasteiger partial charge in [-0.15, -0.1) is 0 Å². The molecule has 3 aromatic carbocycles. The fraction of sp³-hybridized carbons (Fsp3) is 0.400. The number of nitrogens with one attached hydrogen (secondary N) is 1. The van der Waals surface area contributed by atoms with Crippen molar-refractivity contribution in [2.75, 3.05) is 31.0 Å². The summed E-state index contributed by atoms with van der Waals surface area (Å²) in [6.45, 7) is 6.43. The Morgan fingerprint density at radius 3 is 2.51 bits per heavy atom. The molecule has 2 heterocycles. The lowest BCUT2D eigenvalue weighted by molar-refractivity contribution is -0.180. The van der Waals surface area contributed by atoms with E-state index in [1.807, 2.05) is 32.0 Å². The number of ether oxygens (including phenoxy) is 4. The van der Waals surface area contributed by atoms with Gasteiger partial charge in [0.15, 0.2) is 0 Å². The Labute approximate surface area is 288 Å². The van der Waals surface area contributed by atoms with Gasteiger partial charge in [-0.05, 0) is 73.0 Å². The molecular weight excluding hydrogens is 671 g/mol. The monoisotopic (exact) mass is 711 g/mol. The highest BCUT2D eigenvalue weighted by molar-refractivity contribution is 7.92. The Bertz CT molecular complexity index is 1920. The zero-order chi connectivity index (χ0) is 35.1. The first-order valence-corrected chi connectivity index (χ1v) is 19.1. The van der Waals surface area contributed by atoms with Gasteiger partial charge in [-0.3, -0.25) is 4.72 Å². The van der Waals surface area contributed by atoms with Crippen molar-refractivity contribution >= 4 is 31.8 Å². The van der Waals surface area contributed by atoms with Crippen LogP contribution >= 0.6 is 0 Å². The van der Waals surface area contributed by atoms with Gasteiger partial charge in [0.2, 0.25) is 15.8 Å². The zero-order valence-electron chi connectivity index (χ0n) is 27.5. The number of hydrogen-bond acceptors (Lipinski definition) is 9. The fourth-order valence-electron chi connectivity index (χ4n) is 5.34. The smallest absolute Gasteiger partial charge is 0.410 e. The van der Waals surface area contributed by atoms with Gasteiger partial charge < -0.3 is 23.8 Å². The van der Waals surface area contributed by atoms with Crippen LogP contribution in [-0.2, 0) is 40.9 Å². The lowest BCUT2D eigenvalue weighted by Crippen LogP contribution is -2.35. The maximum absolute atomic E-state index is 12.8. The van der Waals surface area contributed by atoms with E-state index in [-0.39, 0.29) is 27.7 Å². The summed E-state index contributed by atoms with van der Waals surface area (Å²) in [5, 5.41) is 5.09. The molecule has 1 fully saturated rings. The summed E-state index contributed by atoms with van der Waals surface area (Å²) in [7, 11) is -7.80. The normalized spacial score (nSPS) is 17.0. The first-order valence-electron chi connectivity index (χ1n) is 16.0. The van der Waals surface area contributed by atoms with Crippen molar-refractivity contribution < 1.29 is 40.6 Å². The zero-order valence-corrected chi connectivity index (χ0v) is 29.1. The second kappa shape index (κ2) is 15.6. The molecule has 0 radical (unpaired) electrons. The van der Waals surface area contributed by atoms with Gasteiger partial charge in [0, 0.05) is 50.2 Å². The van der Waals surface area contributed by atoms with E-state index in [4.69, 9.17) is 24.1 Å². The molecule has 2 aliphatic heterocycles. The van der Waals surface area contributed by atoms with Crippen LogP contribution < -0.4 is 14.6 Å². The summed E-state index contributed by atoms with van der Waals surface area (Å²) >= 11 is 0. The van der Waals surface area contributed by atoms with Crippen molar-refractivity contribution in [3.63, 3.8) is 0 Å². The van der Waals surface area contributed by atoms with Crippen LogP contribution in [0.15, 0.2) is 76.5 Å². The molecule has 1 atom stereocenters. The number of carbonyl (C=O) groups excluding carboxylic acids is 1. The Morgan fingerprint density at radius 1 is 0.959 bits per heavy atom. The van der Waals surface area contributed by atoms with Crippen molar-refractivity contribution in [3.8, 4) is 17.6 Å². The number of primary sulfonamides is 1. The molecule has 5 rings (SSSR count). The van der Waals surface area contributed by atoms with Crippen LogP contribution in [0.5, 0.6) is 5.75 Å². The Hall–Kier alpha value is -4.13. The van der Waals surface area contributed by atoms with Gasteiger partial charge in [-0.1, -0.05) is 36.8 Å². The maximum Gasteiger partial charge on any atom is 0.410 e. The topological polar surface area (TPSA) is 164 Å². The molecule has 1 amide bonds. The van der Waals surface area contributed by atoms with E-state index in [9.17, 15) is 21.6 Å². The van der Waals surface area contributed by atoms with E-state index in [0.29, 0.717) is 44.9 Å². The molecule has 3 N–H and O–H groups in total. The molecule has 3 aromatic rings. The second-order valence-electron chi connectivity index (χ2n) is 12.3. The van der Waals surface area contributed by atoms with Crippen molar-refractivity contribution in [2.24, 2.45) is 5.14 Å². The highest BCUT2D eigenvalue weighted by Crippen LogP contribution is 2.35.